The van der Waals surface area contributed by atoms with E-state index in [2.05, 4.69) is 19.9 Å². The Morgan fingerprint density at radius 3 is 2.45 bits per heavy atom. The first-order valence-corrected chi connectivity index (χ1v) is 8.53. The van der Waals surface area contributed by atoms with Crippen molar-refractivity contribution in [3.8, 4) is 0 Å². The Bertz CT molecular complexity index is 582. The summed E-state index contributed by atoms with van der Waals surface area (Å²) in [5.41, 5.74) is 1.36. The zero-order valence-electron chi connectivity index (χ0n) is 17.7. The van der Waals surface area contributed by atoms with E-state index in [-0.39, 0.29) is 45.1 Å². The van der Waals surface area contributed by atoms with Crippen LogP contribution in [0.25, 0.3) is 0 Å². The molecule has 0 aliphatic heterocycles. The van der Waals surface area contributed by atoms with Gasteiger partial charge in [-0.2, -0.15) is 12.8 Å². The molecule has 4 nitrogen and oxygen atoms in total. The number of carboxylic acid groups (broad SMARTS) is 1. The van der Waals surface area contributed by atoms with E-state index in [1.807, 2.05) is 24.3 Å². The summed E-state index contributed by atoms with van der Waals surface area (Å²) in [6.45, 7) is 13.1. The summed E-state index contributed by atoms with van der Waals surface area (Å²) in [6.07, 6.45) is 8.64. The third-order valence-corrected chi connectivity index (χ3v) is 3.40. The van der Waals surface area contributed by atoms with Gasteiger partial charge >= 0.3 is 37.7 Å². The van der Waals surface area contributed by atoms with Gasteiger partial charge in [0.1, 0.15) is 0 Å². The number of benzene rings is 1. The number of carbonyl (C=O) groups is 1. The minimum Gasteiger partial charge on any atom is -0.505 e. The maximum absolute atomic E-state index is 10.3. The van der Waals surface area contributed by atoms with Gasteiger partial charge in [0.2, 0.25) is 0 Å². The van der Waals surface area contributed by atoms with Crippen molar-refractivity contribution in [2.45, 2.75) is 32.3 Å². The van der Waals surface area contributed by atoms with Crippen LogP contribution in [0.4, 0.5) is 0 Å². The number of rotatable bonds is 11. The van der Waals surface area contributed by atoms with Crippen LogP contribution in [0.2, 0.25) is 5.02 Å². The van der Waals surface area contributed by atoms with Crippen LogP contribution in [-0.2, 0) is 20.9 Å². The number of carboxylic acids is 1. The number of halogens is 1. The molecule has 0 spiro atoms. The molecule has 152 valence electrons. The number of carbonyl (C=O) groups excluding carboxylic acids is 1. The largest absolute Gasteiger partial charge is 1.00 e. The monoisotopic (exact) mass is 404 g/mol. The number of allylic oxidation sites excluding steroid dienone is 3. The van der Waals surface area contributed by atoms with Gasteiger partial charge in [-0.1, -0.05) is 36.1 Å². The molecule has 1 aromatic rings. The van der Waals surface area contributed by atoms with E-state index in [1.165, 1.54) is 6.08 Å². The molecule has 0 saturated carbocycles. The molecule has 1 N–H and O–H groups in total. The smallest absolute Gasteiger partial charge is 0.505 e. The fourth-order valence-corrected chi connectivity index (χ4v) is 1.83. The van der Waals surface area contributed by atoms with E-state index >= 15 is 0 Å². The van der Waals surface area contributed by atoms with Crippen LogP contribution in [-0.4, -0.2) is 24.0 Å². The fourth-order valence-electron chi connectivity index (χ4n) is 1.62. The summed E-state index contributed by atoms with van der Waals surface area (Å²) < 4.78 is 5.53. The van der Waals surface area contributed by atoms with Crippen molar-refractivity contribution in [2.24, 2.45) is 5.92 Å². The Morgan fingerprint density at radius 2 is 2.00 bits per heavy atom. The zero-order chi connectivity index (χ0) is 19.8. The quantitative estimate of drug-likeness (QED) is 0.170. The van der Waals surface area contributed by atoms with Gasteiger partial charge in [0.05, 0.1) is 6.61 Å². The van der Waals surface area contributed by atoms with Crippen molar-refractivity contribution in [1.82, 2.24) is 0 Å². The van der Waals surface area contributed by atoms with E-state index in [4.69, 9.17) is 28.0 Å². The molecule has 0 saturated heterocycles. The van der Waals surface area contributed by atoms with Crippen LogP contribution in [0.15, 0.2) is 35.9 Å². The molecule has 0 aromatic heterocycles. The second kappa shape index (κ2) is 23.6. The van der Waals surface area contributed by atoms with Crippen molar-refractivity contribution in [3.63, 3.8) is 0 Å². The van der Waals surface area contributed by atoms with E-state index in [0.29, 0.717) is 31.6 Å². The van der Waals surface area contributed by atoms with Crippen LogP contribution in [0.1, 0.15) is 31.2 Å². The van der Waals surface area contributed by atoms with Gasteiger partial charge in [0, 0.05) is 11.6 Å². The molecule has 0 radical (unpaired) electrons. The van der Waals surface area contributed by atoms with Crippen molar-refractivity contribution >= 4 is 23.9 Å². The van der Waals surface area contributed by atoms with Crippen LogP contribution in [0.5, 0.6) is 0 Å². The minimum atomic E-state index is -0.880. The van der Waals surface area contributed by atoms with Crippen molar-refractivity contribution in [3.05, 3.63) is 80.4 Å². The van der Waals surface area contributed by atoms with Crippen molar-refractivity contribution in [1.29, 1.82) is 0 Å². The average Bonchev–Trinajstić information content (AvgIpc) is 2.64. The first-order chi connectivity index (χ1) is 12.4. The van der Waals surface area contributed by atoms with Crippen LogP contribution < -0.4 is 37.7 Å². The topological polar surface area (TPSA) is 63.6 Å². The predicted molar refractivity (Wildman–Crippen MR) is 109 cm³/mol. The van der Waals surface area contributed by atoms with E-state index < -0.39 is 11.9 Å². The molecule has 0 amide bonds. The van der Waals surface area contributed by atoms with E-state index in [1.54, 1.807) is 6.29 Å². The first-order valence-electron chi connectivity index (χ1n) is 8.15. The summed E-state index contributed by atoms with van der Waals surface area (Å²) in [5.74, 6) is -1.42. The van der Waals surface area contributed by atoms with Gasteiger partial charge in [-0.15, -0.1) is 0 Å². The van der Waals surface area contributed by atoms with Gasteiger partial charge in [0.25, 0.3) is 5.97 Å². The molecule has 0 unspecified atom stereocenters. The molecular weight excluding hydrogens is 378 g/mol. The fraction of sp³-hybridized carbons (Fsp3) is 0.318. The summed E-state index contributed by atoms with van der Waals surface area (Å²) in [6, 6.07) is 7.61. The number of hydrogen-bond donors (Lipinski definition) is 1. The van der Waals surface area contributed by atoms with Crippen LogP contribution in [0, 0.1) is 39.8 Å². The van der Waals surface area contributed by atoms with E-state index in [9.17, 15) is 9.59 Å². The normalized spacial score (nSPS) is 10.7. The SMILES string of the molecule is [CH-]=CC([C-]=O)=[C-]CCCCOCc1cccc(Cl)c1.[CH2-]C[C@@H]([CH2-])C(=O)O.[CH3-].[Li+].[Li+]. The molecule has 0 heterocycles. The number of aliphatic carboxylic acids is 1. The number of hydrogen-bond acceptors (Lipinski definition) is 3. The molecule has 1 rings (SSSR count). The van der Waals surface area contributed by atoms with Crippen LogP contribution >= 0.6 is 11.6 Å². The summed E-state index contributed by atoms with van der Waals surface area (Å²) >= 11 is 5.87. The van der Waals surface area contributed by atoms with Crippen molar-refractivity contribution in [2.75, 3.05) is 6.61 Å². The molecule has 29 heavy (non-hydrogen) atoms. The molecule has 1 aromatic carbocycles. The molecule has 7 heteroatoms. The van der Waals surface area contributed by atoms with Gasteiger partial charge < -0.3 is 60.2 Å². The van der Waals surface area contributed by atoms with Gasteiger partial charge in [-0.25, -0.2) is 6.29 Å². The Balaban J connectivity index is -0.000000272. The Kier molecular flexibility index (Phi) is 29.0. The summed E-state index contributed by atoms with van der Waals surface area (Å²) in [7, 11) is 0. The maximum atomic E-state index is 10.3. The molecule has 0 bridgehead atoms. The summed E-state index contributed by atoms with van der Waals surface area (Å²) in [4.78, 5) is 20.1. The summed E-state index contributed by atoms with van der Waals surface area (Å²) in [5, 5.41) is 8.80. The minimum absolute atomic E-state index is 0. The second-order valence-corrected chi connectivity index (χ2v) is 5.76. The third kappa shape index (κ3) is 20.3. The number of ether oxygens (including phenoxy) is 1. The Hall–Kier alpha value is -0.715. The zero-order valence-corrected chi connectivity index (χ0v) is 18.5. The number of unbranched alkanes of at least 4 members (excludes halogenated alkanes) is 2. The maximum Gasteiger partial charge on any atom is 1.00 e. The average molecular weight is 405 g/mol. The van der Waals surface area contributed by atoms with Crippen molar-refractivity contribution < 1.29 is 57.2 Å². The van der Waals surface area contributed by atoms with Gasteiger partial charge in [0.15, 0.2) is 0 Å². The molecule has 0 aliphatic carbocycles. The van der Waals surface area contributed by atoms with Gasteiger partial charge in [-0.05, 0) is 24.1 Å². The molecular formula is C22H27ClLi2O4-4. The second-order valence-electron chi connectivity index (χ2n) is 5.32. The Morgan fingerprint density at radius 1 is 1.34 bits per heavy atom. The van der Waals surface area contributed by atoms with Gasteiger partial charge in [-0.3, -0.25) is 4.79 Å². The van der Waals surface area contributed by atoms with E-state index in [0.717, 1.165) is 23.4 Å². The third-order valence-electron chi connectivity index (χ3n) is 3.16. The predicted octanol–water partition coefficient (Wildman–Crippen LogP) is -0.941. The molecule has 0 fully saturated rings. The van der Waals surface area contributed by atoms with Crippen LogP contribution in [0.3, 0.4) is 0 Å². The standard InChI is InChI=1S/C16H16ClO2.C5H8O2.CH3.2Li/c1-2-14(12-18)7-4-3-5-10-19-13-15-8-6-9-16(17)11-15;1-3-4(2)5(6)7;;;/h1-2,6,8-9,11H,3-5,10,13H2;4H,1-3H2,(H,6,7);1H3;;/q-3;-2;-1;2*+1/t;4-;;;/m.1.../s1. The first kappa shape index (κ1) is 35.7. The molecule has 0 aliphatic rings. The Labute approximate surface area is 205 Å². The molecule has 1 atom stereocenters.